The molecular formula is C12H27N5O2. The van der Waals surface area contributed by atoms with Gasteiger partial charge in [0.2, 0.25) is 0 Å². The van der Waals surface area contributed by atoms with Gasteiger partial charge < -0.3 is 20.4 Å². The minimum atomic E-state index is -0.455. The number of nitrogens with one attached hydrogen (secondary N) is 3. The van der Waals surface area contributed by atoms with E-state index in [2.05, 4.69) is 16.0 Å². The molecule has 0 aliphatic rings. The van der Waals surface area contributed by atoms with Crippen LogP contribution >= 0.6 is 0 Å². The lowest BCUT2D eigenvalue weighted by Gasteiger charge is -2.11. The van der Waals surface area contributed by atoms with Crippen LogP contribution in [0.25, 0.3) is 0 Å². The van der Waals surface area contributed by atoms with E-state index in [1.54, 1.807) is 0 Å². The van der Waals surface area contributed by atoms with Crippen molar-refractivity contribution in [3.63, 3.8) is 0 Å². The molecule has 0 saturated heterocycles. The minimum absolute atomic E-state index is 0.455. The van der Waals surface area contributed by atoms with E-state index in [1.807, 2.05) is 38.0 Å². The third-order valence-corrected chi connectivity index (χ3v) is 2.36. The Labute approximate surface area is 115 Å². The van der Waals surface area contributed by atoms with Crippen LogP contribution in [0.4, 0.5) is 9.59 Å². The molecule has 4 amide bonds. The lowest BCUT2D eigenvalue weighted by molar-refractivity contribution is 0.226. The van der Waals surface area contributed by atoms with Crippen LogP contribution in [0.1, 0.15) is 12.8 Å². The summed E-state index contributed by atoms with van der Waals surface area (Å²) < 4.78 is 0. The summed E-state index contributed by atoms with van der Waals surface area (Å²) in [6.45, 7) is 2.91. The largest absolute Gasteiger partial charge is 0.338 e. The first kappa shape index (κ1) is 17.7. The lowest BCUT2D eigenvalue weighted by Crippen LogP contribution is -2.45. The van der Waals surface area contributed by atoms with Crippen LogP contribution in [0.3, 0.4) is 0 Å². The van der Waals surface area contributed by atoms with Crippen molar-refractivity contribution in [2.45, 2.75) is 12.8 Å². The van der Waals surface area contributed by atoms with Crippen LogP contribution < -0.4 is 16.0 Å². The topological polar surface area (TPSA) is 76.7 Å². The molecule has 7 heteroatoms. The smallest absolute Gasteiger partial charge is 0.322 e. The van der Waals surface area contributed by atoms with Crippen molar-refractivity contribution in [2.75, 3.05) is 54.4 Å². The van der Waals surface area contributed by atoms with Gasteiger partial charge in [-0.15, -0.1) is 0 Å². The Bertz CT molecular complexity index is 243. The Hall–Kier alpha value is -1.34. The van der Waals surface area contributed by atoms with E-state index in [-0.39, 0.29) is 0 Å². The van der Waals surface area contributed by atoms with E-state index in [0.29, 0.717) is 13.1 Å². The quantitative estimate of drug-likeness (QED) is 0.540. The van der Waals surface area contributed by atoms with Crippen LogP contribution in [0.2, 0.25) is 0 Å². The molecule has 0 aromatic carbocycles. The van der Waals surface area contributed by atoms with Crippen LogP contribution in [-0.2, 0) is 0 Å². The fraction of sp³-hybridized carbons (Fsp3) is 0.833. The van der Waals surface area contributed by atoms with Crippen molar-refractivity contribution in [2.24, 2.45) is 0 Å². The van der Waals surface area contributed by atoms with Crippen LogP contribution in [0.5, 0.6) is 0 Å². The zero-order chi connectivity index (χ0) is 14.7. The first-order valence-corrected chi connectivity index (χ1v) is 6.54. The standard InChI is InChI=1S/C12H27N5O2/c1-16(2)9-5-7-13-11(18)15-12(19)14-8-6-10-17(3)4/h5-10H2,1-4H3,(H3,13,14,15,18,19). The summed E-state index contributed by atoms with van der Waals surface area (Å²) in [5, 5.41) is 7.49. The molecule has 0 radical (unpaired) electrons. The Morgan fingerprint density at radius 1 is 0.789 bits per heavy atom. The molecule has 0 unspecified atom stereocenters. The number of carbonyl (C=O) groups excluding carboxylic acids is 2. The predicted molar refractivity (Wildman–Crippen MR) is 76.3 cm³/mol. The second-order valence-corrected chi connectivity index (χ2v) is 4.95. The zero-order valence-corrected chi connectivity index (χ0v) is 12.5. The van der Waals surface area contributed by atoms with Gasteiger partial charge in [-0.1, -0.05) is 0 Å². The zero-order valence-electron chi connectivity index (χ0n) is 12.5. The summed E-state index contributed by atoms with van der Waals surface area (Å²) in [6, 6.07) is -0.910. The molecule has 0 aromatic heterocycles. The maximum absolute atomic E-state index is 11.3. The van der Waals surface area contributed by atoms with Crippen LogP contribution in [0.15, 0.2) is 0 Å². The number of hydrogen-bond donors (Lipinski definition) is 3. The highest BCUT2D eigenvalue weighted by atomic mass is 16.2. The van der Waals surface area contributed by atoms with Gasteiger partial charge in [0.25, 0.3) is 0 Å². The molecule has 0 aliphatic heterocycles. The second-order valence-electron chi connectivity index (χ2n) is 4.95. The average Bonchev–Trinajstić information content (AvgIpc) is 2.30. The van der Waals surface area contributed by atoms with Gasteiger partial charge in [0.1, 0.15) is 0 Å². The molecule has 0 atom stereocenters. The summed E-state index contributed by atoms with van der Waals surface area (Å²) in [6.07, 6.45) is 1.70. The third kappa shape index (κ3) is 12.9. The highest BCUT2D eigenvalue weighted by Crippen LogP contribution is 1.82. The Morgan fingerprint density at radius 3 is 1.47 bits per heavy atom. The molecule has 19 heavy (non-hydrogen) atoms. The predicted octanol–water partition coefficient (Wildman–Crippen LogP) is -0.101. The molecule has 0 bridgehead atoms. The van der Waals surface area contributed by atoms with E-state index in [9.17, 15) is 9.59 Å². The molecule has 0 heterocycles. The number of rotatable bonds is 8. The number of imide groups is 1. The molecule has 0 aliphatic carbocycles. The summed E-state index contributed by atoms with van der Waals surface area (Å²) in [5.41, 5.74) is 0. The normalized spacial score (nSPS) is 10.6. The van der Waals surface area contributed by atoms with Gasteiger partial charge in [0.15, 0.2) is 0 Å². The van der Waals surface area contributed by atoms with E-state index >= 15 is 0 Å². The number of nitrogens with zero attached hydrogens (tertiary/aromatic N) is 2. The van der Waals surface area contributed by atoms with Crippen LogP contribution in [-0.4, -0.2) is 76.2 Å². The van der Waals surface area contributed by atoms with E-state index < -0.39 is 12.1 Å². The number of carbonyl (C=O) groups is 2. The van der Waals surface area contributed by atoms with Crippen molar-refractivity contribution < 1.29 is 9.59 Å². The number of hydrogen-bond acceptors (Lipinski definition) is 4. The van der Waals surface area contributed by atoms with Crippen molar-refractivity contribution in [1.29, 1.82) is 0 Å². The Kier molecular flexibility index (Phi) is 9.82. The average molecular weight is 273 g/mol. The SMILES string of the molecule is CN(C)CCCNC(=O)NC(=O)NCCCN(C)C. The van der Waals surface area contributed by atoms with Gasteiger partial charge in [-0.25, -0.2) is 9.59 Å². The monoisotopic (exact) mass is 273 g/mol. The Morgan fingerprint density at radius 2 is 1.16 bits per heavy atom. The minimum Gasteiger partial charge on any atom is -0.338 e. The Balaban J connectivity index is 3.50. The highest BCUT2D eigenvalue weighted by Gasteiger charge is 2.05. The summed E-state index contributed by atoms with van der Waals surface area (Å²) in [7, 11) is 7.89. The van der Waals surface area contributed by atoms with Crippen molar-refractivity contribution in [3.05, 3.63) is 0 Å². The maximum Gasteiger partial charge on any atom is 0.322 e. The van der Waals surface area contributed by atoms with Crippen molar-refractivity contribution in [3.8, 4) is 0 Å². The fourth-order valence-electron chi connectivity index (χ4n) is 1.39. The highest BCUT2D eigenvalue weighted by molar-refractivity contribution is 5.93. The van der Waals surface area contributed by atoms with E-state index in [1.165, 1.54) is 0 Å². The van der Waals surface area contributed by atoms with Crippen molar-refractivity contribution >= 4 is 12.1 Å². The van der Waals surface area contributed by atoms with Gasteiger partial charge in [-0.3, -0.25) is 5.32 Å². The van der Waals surface area contributed by atoms with Gasteiger partial charge in [0, 0.05) is 13.1 Å². The van der Waals surface area contributed by atoms with E-state index in [0.717, 1.165) is 25.9 Å². The van der Waals surface area contributed by atoms with Gasteiger partial charge >= 0.3 is 12.1 Å². The second kappa shape index (κ2) is 10.6. The molecule has 7 nitrogen and oxygen atoms in total. The lowest BCUT2D eigenvalue weighted by atomic mass is 10.4. The number of amides is 4. The molecule has 0 fully saturated rings. The summed E-state index contributed by atoms with van der Waals surface area (Å²) in [4.78, 5) is 26.7. The van der Waals surface area contributed by atoms with Gasteiger partial charge in [0.05, 0.1) is 0 Å². The molecule has 0 saturated carbocycles. The maximum atomic E-state index is 11.3. The first-order chi connectivity index (χ1) is 8.91. The number of urea groups is 2. The first-order valence-electron chi connectivity index (χ1n) is 6.54. The summed E-state index contributed by atoms with van der Waals surface area (Å²) >= 11 is 0. The van der Waals surface area contributed by atoms with Crippen LogP contribution in [0, 0.1) is 0 Å². The van der Waals surface area contributed by atoms with Crippen molar-refractivity contribution in [1.82, 2.24) is 25.8 Å². The molecule has 0 spiro atoms. The third-order valence-electron chi connectivity index (χ3n) is 2.36. The van der Waals surface area contributed by atoms with E-state index in [4.69, 9.17) is 0 Å². The molecule has 0 rings (SSSR count). The molecule has 3 N–H and O–H groups in total. The van der Waals surface area contributed by atoms with Gasteiger partial charge in [-0.05, 0) is 54.1 Å². The molecular weight excluding hydrogens is 246 g/mol. The molecule has 0 aromatic rings. The van der Waals surface area contributed by atoms with Gasteiger partial charge in [-0.2, -0.15) is 0 Å². The fourth-order valence-corrected chi connectivity index (χ4v) is 1.39. The summed E-state index contributed by atoms with van der Waals surface area (Å²) in [5.74, 6) is 0. The molecule has 112 valence electrons.